The SMILES string of the molecule is CCC(O)C(C)(C)C(=O)N1CCNCC1. The monoisotopic (exact) mass is 214 g/mol. The van der Waals surface area contributed by atoms with Gasteiger partial charge in [-0.1, -0.05) is 6.92 Å². The summed E-state index contributed by atoms with van der Waals surface area (Å²) in [5.74, 6) is 0.0679. The van der Waals surface area contributed by atoms with Crippen molar-refractivity contribution in [2.45, 2.75) is 33.3 Å². The molecule has 1 aliphatic heterocycles. The number of carbonyl (C=O) groups excluding carboxylic acids is 1. The summed E-state index contributed by atoms with van der Waals surface area (Å²) in [7, 11) is 0. The Kier molecular flexibility index (Phi) is 4.11. The molecule has 1 rings (SSSR count). The average Bonchev–Trinajstić information content (AvgIpc) is 2.28. The van der Waals surface area contributed by atoms with Crippen molar-refractivity contribution < 1.29 is 9.90 Å². The van der Waals surface area contributed by atoms with E-state index in [0.29, 0.717) is 6.42 Å². The molecule has 1 saturated heterocycles. The van der Waals surface area contributed by atoms with E-state index < -0.39 is 11.5 Å². The molecule has 0 radical (unpaired) electrons. The van der Waals surface area contributed by atoms with Gasteiger partial charge in [-0.05, 0) is 20.3 Å². The van der Waals surface area contributed by atoms with Crippen LogP contribution >= 0.6 is 0 Å². The van der Waals surface area contributed by atoms with Gasteiger partial charge < -0.3 is 15.3 Å². The molecule has 88 valence electrons. The van der Waals surface area contributed by atoms with E-state index in [1.165, 1.54) is 0 Å². The molecule has 1 aliphatic rings. The average molecular weight is 214 g/mol. The molecule has 0 aromatic rings. The van der Waals surface area contributed by atoms with E-state index in [0.717, 1.165) is 26.2 Å². The largest absolute Gasteiger partial charge is 0.392 e. The van der Waals surface area contributed by atoms with Crippen LogP contribution in [0.5, 0.6) is 0 Å². The maximum Gasteiger partial charge on any atom is 0.230 e. The van der Waals surface area contributed by atoms with Crippen molar-refractivity contribution in [2.75, 3.05) is 26.2 Å². The van der Waals surface area contributed by atoms with Gasteiger partial charge in [0.15, 0.2) is 0 Å². The third kappa shape index (κ3) is 2.69. The number of amides is 1. The first-order valence-electron chi connectivity index (χ1n) is 5.68. The highest BCUT2D eigenvalue weighted by Crippen LogP contribution is 2.25. The van der Waals surface area contributed by atoms with Crippen molar-refractivity contribution in [1.29, 1.82) is 0 Å². The van der Waals surface area contributed by atoms with Gasteiger partial charge in [-0.15, -0.1) is 0 Å². The van der Waals surface area contributed by atoms with Crippen molar-refractivity contribution >= 4 is 5.91 Å². The Bertz CT molecular complexity index is 223. The van der Waals surface area contributed by atoms with Crippen molar-refractivity contribution in [1.82, 2.24) is 10.2 Å². The summed E-state index contributed by atoms with van der Waals surface area (Å²) in [6.45, 7) is 8.75. The lowest BCUT2D eigenvalue weighted by Crippen LogP contribution is -2.53. The van der Waals surface area contributed by atoms with Crippen LogP contribution < -0.4 is 5.32 Å². The molecule has 1 amide bonds. The van der Waals surface area contributed by atoms with Gasteiger partial charge in [0.1, 0.15) is 0 Å². The number of aliphatic hydroxyl groups excluding tert-OH is 1. The summed E-state index contributed by atoms with van der Waals surface area (Å²) in [4.78, 5) is 14.0. The van der Waals surface area contributed by atoms with E-state index in [4.69, 9.17) is 0 Å². The van der Waals surface area contributed by atoms with Gasteiger partial charge in [0.05, 0.1) is 11.5 Å². The smallest absolute Gasteiger partial charge is 0.230 e. The van der Waals surface area contributed by atoms with E-state index in [2.05, 4.69) is 5.32 Å². The summed E-state index contributed by atoms with van der Waals surface area (Å²) in [5.41, 5.74) is -0.661. The van der Waals surface area contributed by atoms with E-state index in [-0.39, 0.29) is 5.91 Å². The molecule has 1 atom stereocenters. The fourth-order valence-electron chi connectivity index (χ4n) is 1.93. The first kappa shape index (κ1) is 12.5. The first-order valence-corrected chi connectivity index (χ1v) is 5.68. The van der Waals surface area contributed by atoms with Crippen LogP contribution in [0, 0.1) is 5.41 Å². The standard InChI is InChI=1S/C11H22N2O2/c1-4-9(14)11(2,3)10(15)13-7-5-12-6-8-13/h9,12,14H,4-8H2,1-3H3. The van der Waals surface area contributed by atoms with Gasteiger partial charge in [-0.2, -0.15) is 0 Å². The van der Waals surface area contributed by atoms with Crippen LogP contribution in [0.25, 0.3) is 0 Å². The molecule has 0 spiro atoms. The molecular formula is C11H22N2O2. The molecule has 1 heterocycles. The lowest BCUT2D eigenvalue weighted by molar-refractivity contribution is -0.147. The van der Waals surface area contributed by atoms with Crippen LogP contribution in [0.15, 0.2) is 0 Å². The molecule has 1 unspecified atom stereocenters. The Hall–Kier alpha value is -0.610. The van der Waals surface area contributed by atoms with Crippen molar-refractivity contribution in [2.24, 2.45) is 5.41 Å². The van der Waals surface area contributed by atoms with E-state index in [9.17, 15) is 9.90 Å². The first-order chi connectivity index (χ1) is 7.00. The van der Waals surface area contributed by atoms with Gasteiger partial charge in [0, 0.05) is 26.2 Å². The summed E-state index contributed by atoms with van der Waals surface area (Å²) in [6.07, 6.45) is 0.0602. The molecule has 1 fully saturated rings. The molecular weight excluding hydrogens is 192 g/mol. The van der Waals surface area contributed by atoms with Gasteiger partial charge in [-0.25, -0.2) is 0 Å². The van der Waals surface area contributed by atoms with Crippen LogP contribution in [0.4, 0.5) is 0 Å². The quantitative estimate of drug-likeness (QED) is 0.706. The maximum atomic E-state index is 12.2. The fourth-order valence-corrected chi connectivity index (χ4v) is 1.93. The predicted molar refractivity (Wildman–Crippen MR) is 59.5 cm³/mol. The Morgan fingerprint density at radius 3 is 2.47 bits per heavy atom. The van der Waals surface area contributed by atoms with Gasteiger partial charge in [0.2, 0.25) is 5.91 Å². The van der Waals surface area contributed by atoms with Gasteiger partial charge in [0.25, 0.3) is 0 Å². The molecule has 4 nitrogen and oxygen atoms in total. The van der Waals surface area contributed by atoms with E-state index in [1.807, 2.05) is 25.7 Å². The Morgan fingerprint density at radius 2 is 2.00 bits per heavy atom. The van der Waals surface area contributed by atoms with Crippen LogP contribution in [-0.2, 0) is 4.79 Å². The highest BCUT2D eigenvalue weighted by atomic mass is 16.3. The topological polar surface area (TPSA) is 52.6 Å². The summed E-state index contributed by atoms with van der Waals surface area (Å²) >= 11 is 0. The van der Waals surface area contributed by atoms with Crippen LogP contribution in [0.1, 0.15) is 27.2 Å². The van der Waals surface area contributed by atoms with Gasteiger partial charge in [-0.3, -0.25) is 4.79 Å². The van der Waals surface area contributed by atoms with Crippen LogP contribution in [-0.4, -0.2) is 48.2 Å². The number of aliphatic hydroxyl groups is 1. The lowest BCUT2D eigenvalue weighted by atomic mass is 9.83. The number of carbonyl (C=O) groups is 1. The molecule has 4 heteroatoms. The highest BCUT2D eigenvalue weighted by molar-refractivity contribution is 5.82. The van der Waals surface area contributed by atoms with Crippen LogP contribution in [0.3, 0.4) is 0 Å². The number of hydrogen-bond acceptors (Lipinski definition) is 3. The minimum Gasteiger partial charge on any atom is -0.392 e. The lowest BCUT2D eigenvalue weighted by Gasteiger charge is -2.36. The second-order valence-electron chi connectivity index (χ2n) is 4.69. The second-order valence-corrected chi connectivity index (χ2v) is 4.69. The fraction of sp³-hybridized carbons (Fsp3) is 0.909. The predicted octanol–water partition coefficient (Wildman–Crippen LogP) is 0.215. The second kappa shape index (κ2) is 4.94. The number of nitrogens with one attached hydrogen (secondary N) is 1. The number of rotatable bonds is 3. The third-order valence-corrected chi connectivity index (χ3v) is 3.18. The number of piperazine rings is 1. The Labute approximate surface area is 91.6 Å². The Balaban J connectivity index is 2.64. The molecule has 0 aliphatic carbocycles. The van der Waals surface area contributed by atoms with Crippen molar-refractivity contribution in [3.05, 3.63) is 0 Å². The van der Waals surface area contributed by atoms with Crippen molar-refractivity contribution in [3.63, 3.8) is 0 Å². The highest BCUT2D eigenvalue weighted by Gasteiger charge is 2.37. The van der Waals surface area contributed by atoms with Crippen LogP contribution in [0.2, 0.25) is 0 Å². The minimum atomic E-state index is -0.661. The number of nitrogens with zero attached hydrogens (tertiary/aromatic N) is 1. The molecule has 15 heavy (non-hydrogen) atoms. The molecule has 0 aromatic heterocycles. The Morgan fingerprint density at radius 1 is 1.47 bits per heavy atom. The molecule has 0 bridgehead atoms. The minimum absolute atomic E-state index is 0.0679. The summed E-state index contributed by atoms with van der Waals surface area (Å²) in [6, 6.07) is 0. The zero-order valence-electron chi connectivity index (χ0n) is 9.92. The summed E-state index contributed by atoms with van der Waals surface area (Å²) in [5, 5.41) is 13.0. The third-order valence-electron chi connectivity index (χ3n) is 3.18. The summed E-state index contributed by atoms with van der Waals surface area (Å²) < 4.78 is 0. The normalized spacial score (nSPS) is 20.1. The maximum absolute atomic E-state index is 12.2. The number of hydrogen-bond donors (Lipinski definition) is 2. The van der Waals surface area contributed by atoms with Gasteiger partial charge >= 0.3 is 0 Å². The van der Waals surface area contributed by atoms with E-state index in [1.54, 1.807) is 0 Å². The molecule has 2 N–H and O–H groups in total. The molecule has 0 saturated carbocycles. The van der Waals surface area contributed by atoms with E-state index >= 15 is 0 Å². The zero-order valence-corrected chi connectivity index (χ0v) is 9.92. The zero-order chi connectivity index (χ0) is 11.5. The van der Waals surface area contributed by atoms with Crippen molar-refractivity contribution in [3.8, 4) is 0 Å². The molecule has 0 aromatic carbocycles.